The molecule has 0 unspecified atom stereocenters. The molecule has 0 radical (unpaired) electrons. The predicted octanol–water partition coefficient (Wildman–Crippen LogP) is 7.05. The lowest BCUT2D eigenvalue weighted by atomic mass is 9.82. The lowest BCUT2D eigenvalue weighted by molar-refractivity contribution is -0.149. The van der Waals surface area contributed by atoms with Gasteiger partial charge in [0.25, 0.3) is 5.91 Å². The van der Waals surface area contributed by atoms with Crippen molar-refractivity contribution in [2.24, 2.45) is 23.7 Å². The normalized spacial score (nSPS) is 18.2. The monoisotopic (exact) mass is 690 g/mol. The summed E-state index contributed by atoms with van der Waals surface area (Å²) < 4.78 is 5.85. The summed E-state index contributed by atoms with van der Waals surface area (Å²) in [6.07, 6.45) is 4.98. The molecule has 1 fully saturated rings. The molecule has 2 heterocycles. The van der Waals surface area contributed by atoms with Gasteiger partial charge in [-0.1, -0.05) is 90.8 Å². The molecule has 0 spiro atoms. The lowest BCUT2D eigenvalue weighted by Crippen LogP contribution is -2.48. The molecule has 0 aliphatic carbocycles. The van der Waals surface area contributed by atoms with Gasteiger partial charge in [-0.2, -0.15) is 0 Å². The van der Waals surface area contributed by atoms with E-state index in [2.05, 4.69) is 43.1 Å². The zero-order valence-electron chi connectivity index (χ0n) is 32.0. The van der Waals surface area contributed by atoms with E-state index in [1.807, 2.05) is 46.0 Å². The van der Waals surface area contributed by atoms with Crippen molar-refractivity contribution in [2.75, 3.05) is 20.6 Å². The first-order chi connectivity index (χ1) is 23.7. The van der Waals surface area contributed by atoms with Crippen LogP contribution in [0.3, 0.4) is 0 Å². The number of nitrogens with one attached hydrogen (secondary N) is 1. The first-order valence-electron chi connectivity index (χ1n) is 18.7. The number of amides is 2. The number of Topliss-reactive ketones (excluding diaryl/α,β-unsaturated/α-hetero) is 1. The van der Waals surface area contributed by atoms with Gasteiger partial charge in [0.1, 0.15) is 11.8 Å². The van der Waals surface area contributed by atoms with Crippen LogP contribution < -0.4 is 5.32 Å². The molecule has 2 amide bonds. The number of esters is 1. The number of aromatic nitrogens is 1. The van der Waals surface area contributed by atoms with E-state index < -0.39 is 18.0 Å². The molecule has 0 bridgehead atoms. The molecular weight excluding hydrogens is 628 g/mol. The second kappa shape index (κ2) is 19.7. The predicted molar refractivity (Wildman–Crippen MR) is 198 cm³/mol. The van der Waals surface area contributed by atoms with Crippen molar-refractivity contribution < 1.29 is 23.9 Å². The van der Waals surface area contributed by atoms with E-state index in [9.17, 15) is 19.2 Å². The third-order valence-electron chi connectivity index (χ3n) is 10.3. The van der Waals surface area contributed by atoms with Crippen LogP contribution in [0.5, 0.6) is 0 Å². The van der Waals surface area contributed by atoms with Gasteiger partial charge in [-0.25, -0.2) is 4.98 Å². The SMILES string of the molecule is CC[C@H](C)[C@H](CC(=O)[C@H]1CCCCN1C)C(=O)N(C)[C@H](C[C@@H](OC(C)=O)c1cccc(C(=O)N[C@@H](Cc2ccccc2)CC(C)C)n1)C(C)C. The highest BCUT2D eigenvalue weighted by Gasteiger charge is 2.37. The van der Waals surface area contributed by atoms with Gasteiger partial charge in [0, 0.05) is 44.8 Å². The summed E-state index contributed by atoms with van der Waals surface area (Å²) in [6.45, 7) is 14.7. The molecule has 2 aromatic rings. The second-order valence-electron chi connectivity index (χ2n) is 15.2. The number of ether oxygens (including phenoxy) is 1. The van der Waals surface area contributed by atoms with Crippen molar-refractivity contribution >= 4 is 23.6 Å². The average Bonchev–Trinajstić information content (AvgIpc) is 3.08. The molecule has 1 aromatic carbocycles. The largest absolute Gasteiger partial charge is 0.456 e. The number of carbonyl (C=O) groups is 4. The fraction of sp³-hybridized carbons (Fsp3) is 0.634. The van der Waals surface area contributed by atoms with E-state index in [1.54, 1.807) is 30.1 Å². The van der Waals surface area contributed by atoms with E-state index in [4.69, 9.17) is 9.72 Å². The number of piperidine rings is 1. The number of likely N-dealkylation sites (N-methyl/N-ethyl adjacent to an activating group) is 1. The molecule has 0 saturated carbocycles. The average molecular weight is 691 g/mol. The van der Waals surface area contributed by atoms with E-state index in [0.29, 0.717) is 24.5 Å². The maximum absolute atomic E-state index is 14.3. The maximum atomic E-state index is 14.3. The number of rotatable bonds is 18. The standard InChI is InChI=1S/C41H62N4O5/c1-10-29(6)33(25-38(47)36-21-14-15-22-44(36)8)41(49)45(9)37(28(4)5)26-39(50-30(7)46)34-19-16-20-35(43-34)40(48)42-32(23-27(2)3)24-31-17-12-11-13-18-31/h11-13,16-20,27-29,32-33,36-37,39H,10,14-15,21-26H2,1-9H3,(H,42,48)/t29-,32+,33-,36+,37+,39+/m0/s1. The molecule has 6 atom stereocenters. The van der Waals surface area contributed by atoms with Gasteiger partial charge in [-0.3, -0.25) is 24.1 Å². The van der Waals surface area contributed by atoms with Crippen molar-refractivity contribution in [1.82, 2.24) is 20.1 Å². The highest BCUT2D eigenvalue weighted by atomic mass is 16.5. The van der Waals surface area contributed by atoms with Crippen molar-refractivity contribution in [1.29, 1.82) is 0 Å². The van der Waals surface area contributed by atoms with Crippen molar-refractivity contribution in [3.05, 3.63) is 65.5 Å². The summed E-state index contributed by atoms with van der Waals surface area (Å²) in [5.74, 6) is -0.703. The summed E-state index contributed by atoms with van der Waals surface area (Å²) in [5.41, 5.74) is 1.85. The molecular formula is C41H62N4O5. The molecule has 1 saturated heterocycles. The van der Waals surface area contributed by atoms with Crippen LogP contribution in [0, 0.1) is 23.7 Å². The van der Waals surface area contributed by atoms with Gasteiger partial charge in [-0.05, 0) is 74.7 Å². The Kier molecular flexibility index (Phi) is 16.1. The summed E-state index contributed by atoms with van der Waals surface area (Å²) in [6, 6.07) is 14.8. The fourth-order valence-corrected chi connectivity index (χ4v) is 7.28. The van der Waals surface area contributed by atoms with E-state index in [0.717, 1.165) is 44.2 Å². The summed E-state index contributed by atoms with van der Waals surface area (Å²) in [4.78, 5) is 62.4. The summed E-state index contributed by atoms with van der Waals surface area (Å²) in [7, 11) is 3.79. The van der Waals surface area contributed by atoms with Crippen molar-refractivity contribution in [3.63, 3.8) is 0 Å². The topological polar surface area (TPSA) is 109 Å². The molecule has 9 heteroatoms. The minimum Gasteiger partial charge on any atom is -0.456 e. The molecule has 3 rings (SSSR count). The van der Waals surface area contributed by atoms with Crippen molar-refractivity contribution in [2.45, 2.75) is 124 Å². The Labute approximate surface area is 300 Å². The highest BCUT2D eigenvalue weighted by molar-refractivity contribution is 5.92. The van der Waals surface area contributed by atoms with Gasteiger partial charge in [0.15, 0.2) is 5.78 Å². The number of pyridine rings is 1. The Morgan fingerprint density at radius 1 is 0.980 bits per heavy atom. The molecule has 50 heavy (non-hydrogen) atoms. The molecule has 1 aliphatic heterocycles. The Hall–Kier alpha value is -3.59. The van der Waals surface area contributed by atoms with Crippen LogP contribution in [0.15, 0.2) is 48.5 Å². The first kappa shape index (κ1) is 40.8. The van der Waals surface area contributed by atoms with Crippen LogP contribution in [-0.4, -0.2) is 77.1 Å². The third-order valence-corrected chi connectivity index (χ3v) is 10.3. The van der Waals surface area contributed by atoms with Gasteiger partial charge < -0.3 is 15.0 Å². The number of hydrogen-bond donors (Lipinski definition) is 1. The smallest absolute Gasteiger partial charge is 0.303 e. The summed E-state index contributed by atoms with van der Waals surface area (Å²) >= 11 is 0. The zero-order chi connectivity index (χ0) is 37.0. The van der Waals surface area contributed by atoms with Crippen LogP contribution in [0.25, 0.3) is 0 Å². The quantitative estimate of drug-likeness (QED) is 0.167. The van der Waals surface area contributed by atoms with E-state index >= 15 is 0 Å². The van der Waals surface area contributed by atoms with Gasteiger partial charge in [0.05, 0.1) is 11.7 Å². The first-order valence-corrected chi connectivity index (χ1v) is 18.7. The van der Waals surface area contributed by atoms with E-state index in [-0.39, 0.29) is 59.7 Å². The molecule has 9 nitrogen and oxygen atoms in total. The Morgan fingerprint density at radius 2 is 1.68 bits per heavy atom. The third kappa shape index (κ3) is 12.0. The minimum atomic E-state index is -0.779. The Bertz CT molecular complexity index is 1400. The van der Waals surface area contributed by atoms with Crippen LogP contribution >= 0.6 is 0 Å². The van der Waals surface area contributed by atoms with Crippen LogP contribution in [-0.2, 0) is 25.5 Å². The Balaban J connectivity index is 1.83. The lowest BCUT2D eigenvalue weighted by Gasteiger charge is -2.38. The number of hydrogen-bond acceptors (Lipinski definition) is 7. The van der Waals surface area contributed by atoms with Gasteiger partial charge >= 0.3 is 5.97 Å². The second-order valence-corrected chi connectivity index (χ2v) is 15.2. The Morgan fingerprint density at radius 3 is 2.28 bits per heavy atom. The molecule has 1 aromatic heterocycles. The number of benzene rings is 1. The molecule has 1 aliphatic rings. The van der Waals surface area contributed by atoms with Crippen LogP contribution in [0.4, 0.5) is 0 Å². The molecule has 1 N–H and O–H groups in total. The maximum Gasteiger partial charge on any atom is 0.303 e. The van der Waals surface area contributed by atoms with Gasteiger partial charge in [0.2, 0.25) is 5.91 Å². The summed E-state index contributed by atoms with van der Waals surface area (Å²) in [5, 5.41) is 3.19. The van der Waals surface area contributed by atoms with Crippen molar-refractivity contribution in [3.8, 4) is 0 Å². The number of likely N-dealkylation sites (tertiary alicyclic amines) is 1. The van der Waals surface area contributed by atoms with Gasteiger partial charge in [-0.15, -0.1) is 0 Å². The zero-order valence-corrected chi connectivity index (χ0v) is 32.0. The van der Waals surface area contributed by atoms with Crippen LogP contribution in [0.1, 0.15) is 121 Å². The van der Waals surface area contributed by atoms with E-state index in [1.165, 1.54) is 6.92 Å². The van der Waals surface area contributed by atoms with Crippen LogP contribution in [0.2, 0.25) is 0 Å². The fourth-order valence-electron chi connectivity index (χ4n) is 7.28. The number of ketones is 1. The number of carbonyl (C=O) groups excluding carboxylic acids is 4. The highest BCUT2D eigenvalue weighted by Crippen LogP contribution is 2.31. The minimum absolute atomic E-state index is 0.0148. The number of nitrogens with zero attached hydrogens (tertiary/aromatic N) is 3. The molecule has 276 valence electrons.